The highest BCUT2D eigenvalue weighted by Gasteiger charge is 2.33. The van der Waals surface area contributed by atoms with Crippen molar-refractivity contribution in [2.45, 2.75) is 52.7 Å². The fourth-order valence-electron chi connectivity index (χ4n) is 3.92. The van der Waals surface area contributed by atoms with E-state index in [9.17, 15) is 9.59 Å². The number of aromatic amines is 1. The van der Waals surface area contributed by atoms with Gasteiger partial charge in [0.15, 0.2) is 0 Å². The molecule has 1 N–H and O–H groups in total. The van der Waals surface area contributed by atoms with Crippen molar-refractivity contribution in [3.8, 4) is 0 Å². The van der Waals surface area contributed by atoms with Crippen LogP contribution in [0.4, 0.5) is 0 Å². The fourth-order valence-corrected chi connectivity index (χ4v) is 3.92. The van der Waals surface area contributed by atoms with E-state index >= 15 is 0 Å². The number of rotatable bonds is 4. The summed E-state index contributed by atoms with van der Waals surface area (Å²) in [6.45, 7) is 6.50. The number of H-pyrrole nitrogens is 1. The molecule has 1 unspecified atom stereocenters. The van der Waals surface area contributed by atoms with Crippen molar-refractivity contribution in [2.75, 3.05) is 0 Å². The van der Waals surface area contributed by atoms with Crippen LogP contribution >= 0.6 is 0 Å². The van der Waals surface area contributed by atoms with Crippen molar-refractivity contribution < 1.29 is 4.79 Å². The molecule has 0 saturated heterocycles. The van der Waals surface area contributed by atoms with E-state index in [1.54, 1.807) is 11.8 Å². The number of para-hydroxylation sites is 2. The Bertz CT molecular complexity index is 1080. The van der Waals surface area contributed by atoms with E-state index in [-0.39, 0.29) is 17.5 Å². The van der Waals surface area contributed by atoms with Crippen molar-refractivity contribution in [2.24, 2.45) is 0 Å². The average Bonchev–Trinajstić information content (AvgIpc) is 3.24. The summed E-state index contributed by atoms with van der Waals surface area (Å²) >= 11 is 0. The Labute approximate surface area is 157 Å². The standard InChI is InChI=1S/C20H23N5O2/c1-4-16(25-17-9-7-6-8-14(17)23-18(25)5-2)20(27)24-10-13-15(11-24)21-12(3)22-19(13)26/h6-9,16H,4-5,10-11H2,1-3H3,(H,21,22,26). The SMILES string of the molecule is CCc1nc2ccccc2n1C(CC)C(=O)N1Cc2nc(C)[nH]c(=O)c2C1. The molecule has 7 heteroatoms. The normalized spacial score (nSPS) is 14.6. The number of amides is 1. The lowest BCUT2D eigenvalue weighted by molar-refractivity contribution is -0.135. The molecule has 3 aromatic rings. The number of nitrogens with one attached hydrogen (secondary N) is 1. The van der Waals surface area contributed by atoms with Gasteiger partial charge in [0.1, 0.15) is 17.7 Å². The molecule has 0 aliphatic carbocycles. The lowest BCUT2D eigenvalue weighted by atomic mass is 10.1. The summed E-state index contributed by atoms with van der Waals surface area (Å²) in [5.74, 6) is 1.49. The number of aryl methyl sites for hydroxylation is 2. The van der Waals surface area contributed by atoms with Crippen LogP contribution in [0.5, 0.6) is 0 Å². The minimum atomic E-state index is -0.346. The van der Waals surface area contributed by atoms with Gasteiger partial charge < -0.3 is 14.5 Å². The van der Waals surface area contributed by atoms with Crippen LogP contribution in [0.25, 0.3) is 11.0 Å². The molecular weight excluding hydrogens is 342 g/mol. The molecule has 0 spiro atoms. The monoisotopic (exact) mass is 365 g/mol. The number of hydrogen-bond donors (Lipinski definition) is 1. The second-order valence-corrected chi connectivity index (χ2v) is 6.94. The highest BCUT2D eigenvalue weighted by atomic mass is 16.2. The zero-order valence-corrected chi connectivity index (χ0v) is 15.8. The highest BCUT2D eigenvalue weighted by Crippen LogP contribution is 2.28. The van der Waals surface area contributed by atoms with Crippen LogP contribution < -0.4 is 5.56 Å². The van der Waals surface area contributed by atoms with Crippen LogP contribution in [-0.4, -0.2) is 30.3 Å². The summed E-state index contributed by atoms with van der Waals surface area (Å²) in [5.41, 5.74) is 3.01. The number of aromatic nitrogens is 4. The molecule has 1 atom stereocenters. The van der Waals surface area contributed by atoms with Crippen molar-refractivity contribution in [1.29, 1.82) is 0 Å². The molecule has 7 nitrogen and oxygen atoms in total. The molecule has 140 valence electrons. The van der Waals surface area contributed by atoms with Crippen LogP contribution in [0, 0.1) is 6.92 Å². The molecule has 3 heterocycles. The zero-order valence-electron chi connectivity index (χ0n) is 15.8. The highest BCUT2D eigenvalue weighted by molar-refractivity contribution is 5.84. The maximum atomic E-state index is 13.4. The molecule has 1 aromatic carbocycles. The molecule has 1 aliphatic rings. The van der Waals surface area contributed by atoms with E-state index < -0.39 is 0 Å². The van der Waals surface area contributed by atoms with Crippen LogP contribution in [-0.2, 0) is 24.3 Å². The Morgan fingerprint density at radius 3 is 2.74 bits per heavy atom. The van der Waals surface area contributed by atoms with Crippen molar-refractivity contribution in [3.05, 3.63) is 57.5 Å². The summed E-state index contributed by atoms with van der Waals surface area (Å²) in [4.78, 5) is 39.1. The second-order valence-electron chi connectivity index (χ2n) is 6.94. The molecule has 4 rings (SSSR count). The number of nitrogens with zero attached hydrogens (tertiary/aromatic N) is 4. The zero-order chi connectivity index (χ0) is 19.1. The van der Waals surface area contributed by atoms with E-state index in [4.69, 9.17) is 4.98 Å². The van der Waals surface area contributed by atoms with E-state index in [1.165, 1.54) is 0 Å². The van der Waals surface area contributed by atoms with Crippen molar-refractivity contribution in [1.82, 2.24) is 24.4 Å². The molecule has 0 saturated carbocycles. The van der Waals surface area contributed by atoms with Gasteiger partial charge in [0.25, 0.3) is 5.56 Å². The lowest BCUT2D eigenvalue weighted by Gasteiger charge is -2.25. The molecule has 1 aliphatic heterocycles. The molecule has 2 aromatic heterocycles. The number of benzene rings is 1. The topological polar surface area (TPSA) is 83.9 Å². The summed E-state index contributed by atoms with van der Waals surface area (Å²) in [6, 6.07) is 7.56. The summed E-state index contributed by atoms with van der Waals surface area (Å²) in [7, 11) is 0. The first-order valence-electron chi connectivity index (χ1n) is 9.36. The van der Waals surface area contributed by atoms with E-state index in [1.807, 2.05) is 38.1 Å². The average molecular weight is 365 g/mol. The van der Waals surface area contributed by atoms with E-state index in [2.05, 4.69) is 14.5 Å². The maximum Gasteiger partial charge on any atom is 0.256 e. The number of hydrogen-bond acceptors (Lipinski definition) is 4. The Morgan fingerprint density at radius 2 is 2.00 bits per heavy atom. The number of imidazole rings is 1. The Balaban J connectivity index is 1.71. The second kappa shape index (κ2) is 6.64. The number of carbonyl (C=O) groups is 1. The van der Waals surface area contributed by atoms with Gasteiger partial charge in [-0.3, -0.25) is 9.59 Å². The van der Waals surface area contributed by atoms with Crippen molar-refractivity contribution >= 4 is 16.9 Å². The summed E-state index contributed by atoms with van der Waals surface area (Å²) in [5, 5.41) is 0. The first-order valence-corrected chi connectivity index (χ1v) is 9.36. The van der Waals surface area contributed by atoms with Gasteiger partial charge in [-0.05, 0) is 25.5 Å². The van der Waals surface area contributed by atoms with Gasteiger partial charge in [-0.25, -0.2) is 9.97 Å². The van der Waals surface area contributed by atoms with Gasteiger partial charge in [-0.15, -0.1) is 0 Å². The molecule has 0 bridgehead atoms. The van der Waals surface area contributed by atoms with Crippen LogP contribution in [0.2, 0.25) is 0 Å². The van der Waals surface area contributed by atoms with Gasteiger partial charge in [-0.2, -0.15) is 0 Å². The Kier molecular flexibility index (Phi) is 4.30. The van der Waals surface area contributed by atoms with Gasteiger partial charge in [0.2, 0.25) is 5.91 Å². The van der Waals surface area contributed by atoms with Crippen LogP contribution in [0.3, 0.4) is 0 Å². The summed E-state index contributed by atoms with van der Waals surface area (Å²) in [6.07, 6.45) is 1.40. The third kappa shape index (κ3) is 2.83. The number of fused-ring (bicyclic) bond motifs is 2. The minimum Gasteiger partial charge on any atom is -0.330 e. The molecule has 0 fully saturated rings. The molecular formula is C20H23N5O2. The van der Waals surface area contributed by atoms with Gasteiger partial charge >= 0.3 is 0 Å². The largest absolute Gasteiger partial charge is 0.330 e. The summed E-state index contributed by atoms with van der Waals surface area (Å²) < 4.78 is 2.06. The van der Waals surface area contributed by atoms with E-state index in [0.29, 0.717) is 36.6 Å². The predicted molar refractivity (Wildman–Crippen MR) is 102 cm³/mol. The van der Waals surface area contributed by atoms with E-state index in [0.717, 1.165) is 23.3 Å². The first kappa shape index (κ1) is 17.5. The maximum absolute atomic E-state index is 13.4. The lowest BCUT2D eigenvalue weighted by Crippen LogP contribution is -2.34. The van der Waals surface area contributed by atoms with Gasteiger partial charge in [-0.1, -0.05) is 26.0 Å². The van der Waals surface area contributed by atoms with Crippen molar-refractivity contribution in [3.63, 3.8) is 0 Å². The minimum absolute atomic E-state index is 0.00501. The third-order valence-electron chi connectivity index (χ3n) is 5.19. The first-order chi connectivity index (χ1) is 13.0. The quantitative estimate of drug-likeness (QED) is 0.770. The molecule has 27 heavy (non-hydrogen) atoms. The molecule has 0 radical (unpaired) electrons. The Hall–Kier alpha value is -2.96. The van der Waals surface area contributed by atoms with Crippen LogP contribution in [0.15, 0.2) is 29.1 Å². The fraction of sp³-hybridized carbons (Fsp3) is 0.400. The van der Waals surface area contributed by atoms with Gasteiger partial charge in [0.05, 0.1) is 35.4 Å². The predicted octanol–water partition coefficient (Wildman–Crippen LogP) is 2.48. The smallest absolute Gasteiger partial charge is 0.256 e. The number of carbonyl (C=O) groups excluding carboxylic acids is 1. The van der Waals surface area contributed by atoms with Gasteiger partial charge in [0, 0.05) is 6.42 Å². The van der Waals surface area contributed by atoms with Crippen LogP contribution in [0.1, 0.15) is 49.2 Å². The third-order valence-corrected chi connectivity index (χ3v) is 5.19. The Morgan fingerprint density at radius 1 is 1.22 bits per heavy atom. The molecule has 1 amide bonds.